The van der Waals surface area contributed by atoms with Crippen molar-refractivity contribution in [1.29, 1.82) is 0 Å². The molecule has 0 nitrogen and oxygen atoms in total. The van der Waals surface area contributed by atoms with Gasteiger partial charge in [0.25, 0.3) is 0 Å². The van der Waals surface area contributed by atoms with E-state index in [9.17, 15) is 39.5 Å². The average molecular weight is 1600 g/mol. The van der Waals surface area contributed by atoms with E-state index in [-0.39, 0.29) is 127 Å². The van der Waals surface area contributed by atoms with Gasteiger partial charge in [0.15, 0.2) is 0 Å². The number of rotatable bonds is 11. The molecule has 0 saturated carbocycles. The minimum absolute atomic E-state index is 0.0119. The van der Waals surface area contributed by atoms with E-state index in [4.69, 9.17) is 28.8 Å². The largest absolute Gasteiger partial charge is 0.394 e. The van der Waals surface area contributed by atoms with Crippen LogP contribution in [0.15, 0.2) is 248 Å². The lowest BCUT2D eigenvalue weighted by Crippen LogP contribution is -2.38. The van der Waals surface area contributed by atoms with Gasteiger partial charge >= 0.3 is 18.5 Å². The standard InChI is InChI=1S/C23H24.C21H30F6.2C16H18.C15H21F3.C15H24/c1-17-10-8-13-19(16-17)21-15-9-14-20(22(21)23(2,3)4)18-11-6-5-7-12-18;1-13(19(7,8)21(25,26)27)15-11-9-10-14(16(15)17(2,3)4)12-18(5,6)20(22,23)24;2*1-16(2,3)15-12-8-7-11-14(15)13-9-5-4-6-10-13;1-13(2,3)12-9-7-6-8-11(12)10-14(4,5)15(16,17)18;1-14(2,3)11-12-9-7-8-10-13(12)15(4,5)6/h5-16H,1-4H3;9-11,13H,12H2,1-8H3;2*4-12H,1-3H3;6-9H,10H2,1-5H3;7-10H,11H2,1-6H3/i5D,6D,7D,8D,10D,11D,12D,13D,16D;12D2,13D;4D,5D,6D,9D,10D;;10D2;11D2. The highest BCUT2D eigenvalue weighted by Gasteiger charge is 2.53. The Kier molecular flexibility index (Phi) is 22.9. The number of benzene rings is 10. The smallest absolute Gasteiger partial charge is 0.171 e. The van der Waals surface area contributed by atoms with Crippen LogP contribution in [0.4, 0.5) is 39.5 Å². The van der Waals surface area contributed by atoms with E-state index in [2.05, 4.69) is 96.1 Å². The SMILES string of the molecule is CC(C)(C)c1ccccc1-c1ccccc1.[2H]C([2H])(c1cccc(C([2H])(C)C(C)(C)C(F)(F)F)c1C(C)(C)C)C(C)(C)C(F)(F)F.[2H]C([2H])(c1ccccc1C(C)(C)C)C(C)(C)C.[2H]C([2H])(c1ccccc1C(C)(C)C)C(C)(C)C(F)(F)F.[2H]c1c([2H])c([2H])c(-c2cccc(-c3c([2H])c([2H])c([2H])c(C)c3[2H])c2C(C)(C)C)c([2H])c1[2H].[2H]c1c([2H])c([2H])c(-c2ccccc2C(C)(C)C)c([2H])c1[2H]. The first-order valence-corrected chi connectivity index (χ1v) is 38.7. The second-order valence-electron chi connectivity index (χ2n) is 37.6. The van der Waals surface area contributed by atoms with Crippen molar-refractivity contribution in [2.45, 2.75) is 277 Å². The summed E-state index contributed by atoms with van der Waals surface area (Å²) in [4.78, 5) is 0. The molecule has 0 saturated heterocycles. The zero-order valence-corrected chi connectivity index (χ0v) is 73.0. The summed E-state index contributed by atoms with van der Waals surface area (Å²) < 4.78 is 294. The van der Waals surface area contributed by atoms with Crippen molar-refractivity contribution in [2.75, 3.05) is 0 Å². The summed E-state index contributed by atoms with van der Waals surface area (Å²) in [5.41, 5.74) is -0.185. The van der Waals surface area contributed by atoms with E-state index < -0.39 is 99.6 Å². The Bertz CT molecular complexity index is 5660. The summed E-state index contributed by atoms with van der Waals surface area (Å²) in [6, 6.07) is 45.8. The molecule has 1 atom stereocenters. The van der Waals surface area contributed by atoms with Crippen LogP contribution < -0.4 is 0 Å². The van der Waals surface area contributed by atoms with Crippen molar-refractivity contribution in [3.8, 4) is 44.5 Å². The van der Waals surface area contributed by atoms with Gasteiger partial charge < -0.3 is 0 Å². The molecule has 10 aromatic rings. The van der Waals surface area contributed by atoms with Gasteiger partial charge in [-0.1, -0.05) is 448 Å². The second-order valence-corrected chi connectivity index (χ2v) is 37.6. The quantitative estimate of drug-likeness (QED) is 0.113. The van der Waals surface area contributed by atoms with Crippen molar-refractivity contribution in [3.05, 3.63) is 310 Å². The van der Waals surface area contributed by atoms with Gasteiger partial charge in [-0.05, 0) is 170 Å². The molecule has 0 aliphatic heterocycles. The highest BCUT2D eigenvalue weighted by Crippen LogP contribution is 2.52. The highest BCUT2D eigenvalue weighted by molar-refractivity contribution is 5.80. The van der Waals surface area contributed by atoms with Gasteiger partial charge in [0, 0.05) is 9.60 Å². The van der Waals surface area contributed by atoms with E-state index >= 15 is 0 Å². The van der Waals surface area contributed by atoms with E-state index in [1.54, 1.807) is 64.1 Å². The third-order valence-electron chi connectivity index (χ3n) is 19.1. The van der Waals surface area contributed by atoms with E-state index in [1.165, 1.54) is 41.0 Å². The van der Waals surface area contributed by atoms with Crippen LogP contribution in [0.3, 0.4) is 0 Å². The van der Waals surface area contributed by atoms with Gasteiger partial charge in [0.2, 0.25) is 0 Å². The highest BCUT2D eigenvalue weighted by atomic mass is 19.4. The Morgan fingerprint density at radius 2 is 0.617 bits per heavy atom. The fraction of sp³-hybridized carbons (Fsp3) is 0.434. The summed E-state index contributed by atoms with van der Waals surface area (Å²) >= 11 is 0. The molecule has 9 heteroatoms. The summed E-state index contributed by atoms with van der Waals surface area (Å²) in [6.45, 7) is 48.9. The molecule has 10 rings (SSSR count). The molecule has 0 radical (unpaired) electrons. The monoisotopic (exact) mass is 1600 g/mol. The van der Waals surface area contributed by atoms with Crippen LogP contribution >= 0.6 is 0 Å². The maximum Gasteiger partial charge on any atom is 0.394 e. The summed E-state index contributed by atoms with van der Waals surface area (Å²) in [7, 11) is 0. The topological polar surface area (TPSA) is 0 Å². The lowest BCUT2D eigenvalue weighted by molar-refractivity contribution is -0.218. The molecule has 0 aliphatic carbocycles. The van der Waals surface area contributed by atoms with Crippen LogP contribution in [0.25, 0.3) is 44.5 Å². The lowest BCUT2D eigenvalue weighted by atomic mass is 9.68. The molecule has 0 N–H and O–H groups in total. The van der Waals surface area contributed by atoms with Crippen molar-refractivity contribution in [2.24, 2.45) is 21.7 Å². The molecule has 0 aromatic heterocycles. The molecule has 10 aromatic carbocycles. The van der Waals surface area contributed by atoms with E-state index in [0.29, 0.717) is 27.8 Å². The first-order valence-electron chi connectivity index (χ1n) is 49.2. The molecule has 0 bridgehead atoms. The van der Waals surface area contributed by atoms with Crippen LogP contribution in [0, 0.1) is 28.6 Å². The van der Waals surface area contributed by atoms with Gasteiger partial charge in [-0.15, -0.1) is 0 Å². The van der Waals surface area contributed by atoms with Crippen molar-refractivity contribution in [3.63, 3.8) is 0 Å². The van der Waals surface area contributed by atoms with Crippen LogP contribution in [0.2, 0.25) is 0 Å². The van der Waals surface area contributed by atoms with Crippen molar-refractivity contribution >= 4 is 0 Å². The number of alkyl halides is 9. The third kappa shape index (κ3) is 27.9. The van der Waals surface area contributed by atoms with Gasteiger partial charge in [-0.25, -0.2) is 0 Å². The fourth-order valence-corrected chi connectivity index (χ4v) is 12.5. The fourth-order valence-electron chi connectivity index (χ4n) is 12.5. The Balaban J connectivity index is 0.000000294. The van der Waals surface area contributed by atoms with Crippen molar-refractivity contribution < 1.29 is 68.3 Å². The number of halogens is 9. The molecule has 0 aliphatic rings. The molecule has 0 fully saturated rings. The Morgan fingerprint density at radius 1 is 0.296 bits per heavy atom. The van der Waals surface area contributed by atoms with Gasteiger partial charge in [-0.3, -0.25) is 0 Å². The average Bonchev–Trinajstić information content (AvgIpc) is 0.710. The maximum atomic E-state index is 13.8. The molecule has 0 amide bonds. The van der Waals surface area contributed by atoms with Gasteiger partial charge in [-0.2, -0.15) is 39.5 Å². The van der Waals surface area contributed by atoms with E-state index in [1.807, 2.05) is 132 Å². The normalized spacial score (nSPS) is 16.3. The van der Waals surface area contributed by atoms with E-state index in [0.717, 1.165) is 65.2 Å². The Morgan fingerprint density at radius 3 is 1.01 bits per heavy atom. The molecule has 115 heavy (non-hydrogen) atoms. The van der Waals surface area contributed by atoms with Crippen LogP contribution in [-0.2, 0) is 51.6 Å². The third-order valence-corrected chi connectivity index (χ3v) is 19.1. The van der Waals surface area contributed by atoms with Crippen LogP contribution in [-0.4, -0.2) is 18.5 Å². The first-order chi connectivity index (χ1) is 61.0. The van der Waals surface area contributed by atoms with Crippen molar-refractivity contribution in [1.82, 2.24) is 0 Å². The number of hydrogen-bond acceptors (Lipinski definition) is 0. The number of hydrogen-bond donors (Lipinski definition) is 0. The summed E-state index contributed by atoms with van der Waals surface area (Å²) in [5.74, 6) is -2.29. The molecule has 0 spiro atoms. The van der Waals surface area contributed by atoms with Crippen LogP contribution in [0.5, 0.6) is 0 Å². The summed E-state index contributed by atoms with van der Waals surface area (Å²) in [5, 5.41) is 0. The Labute approximate surface area is 718 Å². The molecular formula is C106H135F9. The predicted octanol–water partition coefficient (Wildman–Crippen LogP) is 33.4. The molecule has 1 unspecified atom stereocenters. The summed E-state index contributed by atoms with van der Waals surface area (Å²) in [6.07, 6.45) is -21.1. The van der Waals surface area contributed by atoms with Crippen LogP contribution in [0.1, 0.15) is 290 Å². The minimum atomic E-state index is -4.91. The Hall–Kier alpha value is -8.43. The maximum absolute atomic E-state index is 13.8. The first kappa shape index (κ1) is 68.6. The second kappa shape index (κ2) is 38.3. The molecular weight excluding hydrogens is 1440 g/mol. The minimum Gasteiger partial charge on any atom is -0.171 e. The zero-order valence-electron chi connectivity index (χ0n) is 94.0. The van der Waals surface area contributed by atoms with Gasteiger partial charge in [0.05, 0.1) is 35.4 Å². The van der Waals surface area contributed by atoms with Gasteiger partial charge in [0.1, 0.15) is 0 Å². The predicted molar refractivity (Wildman–Crippen MR) is 476 cm³/mol. The zero-order chi connectivity index (χ0) is 106. The lowest BCUT2D eigenvalue weighted by Gasteiger charge is -2.39. The molecule has 0 heterocycles. The molecule has 622 valence electrons.